The molecule has 0 atom stereocenters. The minimum absolute atomic E-state index is 0.197. The molecule has 0 radical (unpaired) electrons. The summed E-state index contributed by atoms with van der Waals surface area (Å²) in [4.78, 5) is 27.0. The van der Waals surface area contributed by atoms with Gasteiger partial charge in [-0.1, -0.05) is 62.2 Å². The Kier molecular flexibility index (Phi) is 8.13. The van der Waals surface area contributed by atoms with Crippen LogP contribution < -0.4 is 15.5 Å². The molecule has 2 aliphatic rings. The Morgan fingerprint density at radius 3 is 2.52 bits per heavy atom. The van der Waals surface area contributed by atoms with Gasteiger partial charge >= 0.3 is 6.03 Å². The number of piperidine rings is 1. The fourth-order valence-corrected chi connectivity index (χ4v) is 8.86. The lowest BCUT2D eigenvalue weighted by molar-refractivity contribution is 0.125. The highest BCUT2D eigenvalue weighted by Gasteiger charge is 2.49. The molecule has 238 valence electrons. The molecule has 0 unspecified atom stereocenters. The van der Waals surface area contributed by atoms with Gasteiger partial charge in [0.25, 0.3) is 0 Å². The second-order valence-corrected chi connectivity index (χ2v) is 16.1. The molecule has 0 bridgehead atoms. The molecule has 1 fully saturated rings. The number of aromatic hydroxyl groups is 1. The van der Waals surface area contributed by atoms with Gasteiger partial charge in [-0.25, -0.2) is 14.8 Å². The molecule has 8 nitrogen and oxygen atoms in total. The van der Waals surface area contributed by atoms with Crippen LogP contribution in [0, 0.1) is 5.41 Å². The summed E-state index contributed by atoms with van der Waals surface area (Å²) >= 11 is 15.4. The van der Waals surface area contributed by atoms with Crippen molar-refractivity contribution in [2.75, 3.05) is 41.7 Å². The van der Waals surface area contributed by atoms with Crippen molar-refractivity contribution in [3.63, 3.8) is 0 Å². The monoisotopic (exact) mass is 692 g/mol. The van der Waals surface area contributed by atoms with E-state index >= 15 is 0 Å². The van der Waals surface area contributed by atoms with Crippen molar-refractivity contribution < 1.29 is 9.90 Å². The average Bonchev–Trinajstić information content (AvgIpc) is 3.71. The quantitative estimate of drug-likeness (QED) is 0.170. The number of nitrogens with zero attached hydrogens (tertiary/aromatic N) is 4. The lowest BCUT2D eigenvalue weighted by Gasteiger charge is -2.42. The second kappa shape index (κ2) is 12.0. The third-order valence-corrected chi connectivity index (χ3v) is 11.2. The van der Waals surface area contributed by atoms with Gasteiger partial charge in [-0.3, -0.25) is 5.32 Å². The first-order chi connectivity index (χ1) is 22.0. The summed E-state index contributed by atoms with van der Waals surface area (Å²) < 4.78 is 1.30. The molecule has 0 aliphatic carbocycles. The summed E-state index contributed by atoms with van der Waals surface area (Å²) in [6.45, 7) is 10.4. The van der Waals surface area contributed by atoms with Gasteiger partial charge < -0.3 is 20.2 Å². The fourth-order valence-electron chi connectivity index (χ4n) is 6.88. The fraction of sp³-hybridized carbons (Fsp3) is 0.324. The molecule has 12 heteroatoms. The van der Waals surface area contributed by atoms with Crippen LogP contribution >= 0.6 is 45.9 Å². The van der Waals surface area contributed by atoms with Crippen LogP contribution in [0.4, 0.5) is 27.7 Å². The number of phenols is 1. The molecule has 1 spiro atoms. The normalized spacial score (nSPS) is 16.2. The number of para-hydroxylation sites is 2. The number of phenolic OH excluding ortho intramolecular Hbond substituents is 1. The first kappa shape index (κ1) is 31.2. The van der Waals surface area contributed by atoms with Crippen molar-refractivity contribution in [3.8, 4) is 16.3 Å². The standard InChI is InChI=1S/C34H34Cl2N6O2S2/c1-33(2,3)18-41-15-13-34(14-16-41)19-42(24-10-5-4-8-22(24)38-32(44)40-26-17-45-31(36)39-26)28-25(43)12-11-20(27(28)34)30-37-23-9-6-7-21(35)29(23)46-30/h4-12,17,43H,13-16,18-19H2,1-3H3,(H2,38,40,44). The number of carbonyl (C=O) groups is 1. The number of urea groups is 1. The summed E-state index contributed by atoms with van der Waals surface area (Å²) in [6.07, 6.45) is 1.85. The Hall–Kier alpha value is -3.41. The summed E-state index contributed by atoms with van der Waals surface area (Å²) in [5.41, 5.74) is 5.10. The Labute approximate surface area is 286 Å². The molecule has 3 aromatic carbocycles. The van der Waals surface area contributed by atoms with E-state index in [1.54, 1.807) is 22.8 Å². The zero-order chi connectivity index (χ0) is 32.2. The molecule has 1 saturated heterocycles. The van der Waals surface area contributed by atoms with Gasteiger partial charge in [0.05, 0.1) is 32.3 Å². The van der Waals surface area contributed by atoms with Crippen molar-refractivity contribution in [2.45, 2.75) is 39.0 Å². The van der Waals surface area contributed by atoms with Gasteiger partial charge in [-0.2, -0.15) is 0 Å². The number of benzene rings is 3. The number of anilines is 4. The van der Waals surface area contributed by atoms with Crippen molar-refractivity contribution in [1.82, 2.24) is 14.9 Å². The molecule has 2 aromatic heterocycles. The lowest BCUT2D eigenvalue weighted by Crippen LogP contribution is -2.47. The predicted octanol–water partition coefficient (Wildman–Crippen LogP) is 9.61. The van der Waals surface area contributed by atoms with Gasteiger partial charge in [-0.15, -0.1) is 22.7 Å². The SMILES string of the molecule is CC(C)(C)CN1CCC2(CC1)CN(c1ccccc1NC(=O)Nc1csc(Cl)n1)c1c(O)ccc(-c3nc4cccc(Cl)c4s3)c12. The molecule has 7 rings (SSSR count). The van der Waals surface area contributed by atoms with Crippen LogP contribution in [-0.2, 0) is 5.41 Å². The van der Waals surface area contributed by atoms with Crippen LogP contribution in [-0.4, -0.2) is 52.2 Å². The number of fused-ring (bicyclic) bond motifs is 3. The number of likely N-dealkylation sites (tertiary alicyclic amines) is 1. The van der Waals surface area contributed by atoms with Gasteiger partial charge in [-0.05, 0) is 73.3 Å². The van der Waals surface area contributed by atoms with E-state index in [0.29, 0.717) is 27.5 Å². The van der Waals surface area contributed by atoms with Crippen LogP contribution in [0.2, 0.25) is 9.49 Å². The highest BCUT2D eigenvalue weighted by molar-refractivity contribution is 7.22. The van der Waals surface area contributed by atoms with Gasteiger partial charge in [0, 0.05) is 29.4 Å². The van der Waals surface area contributed by atoms with Crippen LogP contribution in [0.25, 0.3) is 20.8 Å². The molecule has 5 aromatic rings. The van der Waals surface area contributed by atoms with Gasteiger partial charge in [0.1, 0.15) is 16.6 Å². The van der Waals surface area contributed by atoms with E-state index in [2.05, 4.69) is 46.2 Å². The minimum Gasteiger partial charge on any atom is -0.506 e. The molecule has 0 saturated carbocycles. The highest BCUT2D eigenvalue weighted by Crippen LogP contribution is 2.57. The summed E-state index contributed by atoms with van der Waals surface area (Å²) in [6, 6.07) is 16.8. The molecule has 2 amide bonds. The number of thiazole rings is 2. The van der Waals surface area contributed by atoms with E-state index in [9.17, 15) is 9.90 Å². The van der Waals surface area contributed by atoms with Crippen molar-refractivity contribution in [1.29, 1.82) is 0 Å². The minimum atomic E-state index is -0.427. The second-order valence-electron chi connectivity index (χ2n) is 13.2. The maximum atomic E-state index is 13.1. The first-order valence-electron chi connectivity index (χ1n) is 15.2. The number of halogens is 2. The number of aromatic nitrogens is 2. The first-order valence-corrected chi connectivity index (χ1v) is 17.6. The van der Waals surface area contributed by atoms with Crippen LogP contribution in [0.3, 0.4) is 0 Å². The molecule has 46 heavy (non-hydrogen) atoms. The van der Waals surface area contributed by atoms with Crippen molar-refractivity contribution in [3.05, 3.63) is 75.0 Å². The molecular weight excluding hydrogens is 659 g/mol. The summed E-state index contributed by atoms with van der Waals surface area (Å²) in [5.74, 6) is 0.582. The van der Waals surface area contributed by atoms with E-state index in [-0.39, 0.29) is 16.6 Å². The molecule has 4 heterocycles. The number of hydrogen-bond acceptors (Lipinski definition) is 8. The van der Waals surface area contributed by atoms with E-state index in [1.165, 1.54) is 11.3 Å². The zero-order valence-corrected chi connectivity index (χ0v) is 28.9. The van der Waals surface area contributed by atoms with Crippen LogP contribution in [0.1, 0.15) is 39.2 Å². The number of rotatable bonds is 5. The smallest absolute Gasteiger partial charge is 0.324 e. The Morgan fingerprint density at radius 1 is 1.02 bits per heavy atom. The third-order valence-electron chi connectivity index (χ3n) is 8.69. The predicted molar refractivity (Wildman–Crippen MR) is 192 cm³/mol. The van der Waals surface area contributed by atoms with Crippen molar-refractivity contribution >= 4 is 85.0 Å². The summed E-state index contributed by atoms with van der Waals surface area (Å²) in [7, 11) is 0. The molecule has 2 aliphatic heterocycles. The Balaban J connectivity index is 1.32. The Morgan fingerprint density at radius 2 is 1.80 bits per heavy atom. The van der Waals surface area contributed by atoms with Crippen LogP contribution in [0.5, 0.6) is 5.75 Å². The van der Waals surface area contributed by atoms with E-state index in [4.69, 9.17) is 28.2 Å². The molecular formula is C34H34Cl2N6O2S2. The summed E-state index contributed by atoms with van der Waals surface area (Å²) in [5, 5.41) is 20.6. The van der Waals surface area contributed by atoms with Crippen LogP contribution in [0.15, 0.2) is 60.0 Å². The highest BCUT2D eigenvalue weighted by atomic mass is 35.5. The number of nitrogens with one attached hydrogen (secondary N) is 2. The van der Waals surface area contributed by atoms with Gasteiger partial charge in [0.2, 0.25) is 0 Å². The number of amides is 2. The number of hydrogen-bond donors (Lipinski definition) is 3. The van der Waals surface area contributed by atoms with Gasteiger partial charge in [0.15, 0.2) is 4.47 Å². The van der Waals surface area contributed by atoms with E-state index in [1.807, 2.05) is 48.5 Å². The van der Waals surface area contributed by atoms with Crippen molar-refractivity contribution in [2.24, 2.45) is 5.41 Å². The average molecular weight is 694 g/mol. The Bertz CT molecular complexity index is 1940. The largest absolute Gasteiger partial charge is 0.506 e. The topological polar surface area (TPSA) is 93.6 Å². The lowest BCUT2D eigenvalue weighted by atomic mass is 9.72. The molecule has 3 N–H and O–H groups in total. The number of carbonyl (C=O) groups excluding carboxylic acids is 1. The third kappa shape index (κ3) is 5.93. The maximum absolute atomic E-state index is 13.1. The maximum Gasteiger partial charge on any atom is 0.324 e. The zero-order valence-electron chi connectivity index (χ0n) is 25.7. The van der Waals surface area contributed by atoms with E-state index in [0.717, 1.165) is 70.2 Å². The van der Waals surface area contributed by atoms with E-state index < -0.39 is 6.03 Å².